The van der Waals surface area contributed by atoms with Gasteiger partial charge in [-0.25, -0.2) is 9.18 Å². The Balaban J connectivity index is 1.43. The molecular formula is C31H35ClFN3O4. The maximum Gasteiger partial charge on any atom is 0.410 e. The molecule has 2 aromatic carbocycles. The predicted octanol–water partition coefficient (Wildman–Crippen LogP) is 7.58. The molecule has 2 saturated carbocycles. The molecule has 2 aliphatic rings. The van der Waals surface area contributed by atoms with Crippen LogP contribution in [0.5, 0.6) is 5.75 Å². The summed E-state index contributed by atoms with van der Waals surface area (Å²) in [6.45, 7) is 5.58. The third-order valence-corrected chi connectivity index (χ3v) is 7.99. The van der Waals surface area contributed by atoms with Crippen LogP contribution in [0, 0.1) is 11.7 Å². The molecule has 212 valence electrons. The lowest BCUT2D eigenvalue weighted by atomic mass is 9.89. The lowest BCUT2D eigenvalue weighted by molar-refractivity contribution is 0.0185. The van der Waals surface area contributed by atoms with E-state index in [2.05, 4.69) is 10.3 Å². The molecule has 3 aromatic rings. The van der Waals surface area contributed by atoms with Crippen LogP contribution in [0.2, 0.25) is 5.02 Å². The monoisotopic (exact) mass is 567 g/mol. The summed E-state index contributed by atoms with van der Waals surface area (Å²) in [4.78, 5) is 32.1. The third kappa shape index (κ3) is 6.02. The largest absolute Gasteiger partial charge is 0.504 e. The number of halogens is 2. The van der Waals surface area contributed by atoms with Crippen molar-refractivity contribution in [3.05, 3.63) is 52.9 Å². The zero-order valence-electron chi connectivity index (χ0n) is 23.3. The number of aromatic nitrogens is 1. The zero-order chi connectivity index (χ0) is 28.8. The molecule has 0 radical (unpaired) electrons. The molecule has 2 N–H and O–H groups in total. The van der Waals surface area contributed by atoms with E-state index in [0.29, 0.717) is 22.2 Å². The normalized spacial score (nSPS) is 19.4. The summed E-state index contributed by atoms with van der Waals surface area (Å²) >= 11 is 6.05. The molecule has 9 heteroatoms. The number of nitrogens with zero attached hydrogens (tertiary/aromatic N) is 2. The average Bonchev–Trinajstić information content (AvgIpc) is 3.76. The molecule has 7 nitrogen and oxygen atoms in total. The highest BCUT2D eigenvalue weighted by atomic mass is 35.5. The maximum absolute atomic E-state index is 14.3. The molecule has 0 unspecified atom stereocenters. The Kier molecular flexibility index (Phi) is 7.66. The molecule has 1 amide bonds. The first-order valence-corrected chi connectivity index (χ1v) is 14.2. The van der Waals surface area contributed by atoms with E-state index in [9.17, 15) is 19.1 Å². The molecule has 1 heterocycles. The van der Waals surface area contributed by atoms with Crippen LogP contribution < -0.4 is 5.32 Å². The van der Waals surface area contributed by atoms with Crippen LogP contribution in [0.25, 0.3) is 22.0 Å². The first-order chi connectivity index (χ1) is 18.9. The molecule has 0 spiro atoms. The number of pyridine rings is 1. The van der Waals surface area contributed by atoms with Gasteiger partial charge in [0.2, 0.25) is 0 Å². The van der Waals surface area contributed by atoms with Gasteiger partial charge in [0.25, 0.3) is 0 Å². The number of ketones is 1. The second-order valence-corrected chi connectivity index (χ2v) is 12.4. The standard InChI is InChI=1S/C31H35ClFN3O4/c1-31(2,3)40-30(39)36(4)21-10-8-20(9-11-21)35-27-22-13-18(19-14-24(32)29(38)25(33)15-19)7-12-26(22)34-16-23(27)28(37)17-5-6-17/h7,12-17,20-21,38H,5-6,8-11H2,1-4H3,(H,34,35)/t20-,21-. The van der Waals surface area contributed by atoms with Crippen LogP contribution in [0.15, 0.2) is 36.5 Å². The number of anilines is 1. The molecule has 0 bridgehead atoms. The zero-order valence-corrected chi connectivity index (χ0v) is 24.0. The van der Waals surface area contributed by atoms with Gasteiger partial charge in [0.15, 0.2) is 17.3 Å². The van der Waals surface area contributed by atoms with Crippen molar-refractivity contribution in [2.75, 3.05) is 12.4 Å². The summed E-state index contributed by atoms with van der Waals surface area (Å²) in [6, 6.07) is 8.49. The summed E-state index contributed by atoms with van der Waals surface area (Å²) in [5, 5.41) is 14.1. The molecule has 0 atom stereocenters. The maximum atomic E-state index is 14.3. The van der Waals surface area contributed by atoms with Gasteiger partial charge in [0.05, 0.1) is 21.8 Å². The number of carbonyl (C=O) groups is 2. The summed E-state index contributed by atoms with van der Waals surface area (Å²) < 4.78 is 19.8. The number of hydrogen-bond donors (Lipinski definition) is 2. The van der Waals surface area contributed by atoms with Crippen molar-refractivity contribution in [3.63, 3.8) is 0 Å². The van der Waals surface area contributed by atoms with Gasteiger partial charge in [0.1, 0.15) is 5.60 Å². The highest BCUT2D eigenvalue weighted by Crippen LogP contribution is 2.39. The van der Waals surface area contributed by atoms with Crippen molar-refractivity contribution in [2.45, 2.75) is 77.0 Å². The minimum atomic E-state index is -0.801. The van der Waals surface area contributed by atoms with Crippen LogP contribution in [0.4, 0.5) is 14.9 Å². The van der Waals surface area contributed by atoms with Gasteiger partial charge in [-0.3, -0.25) is 9.78 Å². The smallest absolute Gasteiger partial charge is 0.410 e. The van der Waals surface area contributed by atoms with Gasteiger partial charge in [-0.2, -0.15) is 0 Å². The number of benzene rings is 2. The van der Waals surface area contributed by atoms with E-state index < -0.39 is 17.2 Å². The summed E-state index contributed by atoms with van der Waals surface area (Å²) in [7, 11) is 1.79. The number of hydrogen-bond acceptors (Lipinski definition) is 6. The number of aromatic hydroxyl groups is 1. The van der Waals surface area contributed by atoms with Crippen LogP contribution in [-0.2, 0) is 4.74 Å². The average molecular weight is 568 g/mol. The fourth-order valence-electron chi connectivity index (χ4n) is 5.31. The number of Topliss-reactive ketones (excluding diaryl/α,β-unsaturated/α-hetero) is 1. The molecule has 5 rings (SSSR count). The minimum Gasteiger partial charge on any atom is -0.504 e. The van der Waals surface area contributed by atoms with Gasteiger partial charge < -0.3 is 20.1 Å². The van der Waals surface area contributed by atoms with E-state index in [1.165, 1.54) is 12.1 Å². The summed E-state index contributed by atoms with van der Waals surface area (Å²) in [5.74, 6) is -1.28. The number of rotatable bonds is 6. The van der Waals surface area contributed by atoms with Crippen molar-refractivity contribution in [1.29, 1.82) is 0 Å². The van der Waals surface area contributed by atoms with E-state index >= 15 is 0 Å². The number of ether oxygens (including phenoxy) is 1. The van der Waals surface area contributed by atoms with E-state index in [-0.39, 0.29) is 34.9 Å². The van der Waals surface area contributed by atoms with Gasteiger partial charge in [-0.1, -0.05) is 17.7 Å². The first-order valence-electron chi connectivity index (χ1n) is 13.8. The van der Waals surface area contributed by atoms with Crippen molar-refractivity contribution in [2.24, 2.45) is 5.92 Å². The second kappa shape index (κ2) is 10.9. The lowest BCUT2D eigenvalue weighted by Gasteiger charge is -2.36. The fraction of sp³-hybridized carbons (Fsp3) is 0.452. The van der Waals surface area contributed by atoms with Gasteiger partial charge >= 0.3 is 6.09 Å². The first kappa shape index (κ1) is 28.1. The van der Waals surface area contributed by atoms with Crippen molar-refractivity contribution in [1.82, 2.24) is 9.88 Å². The Morgan fingerprint density at radius 2 is 1.77 bits per heavy atom. The third-order valence-electron chi connectivity index (χ3n) is 7.71. The van der Waals surface area contributed by atoms with Crippen LogP contribution >= 0.6 is 11.6 Å². The van der Waals surface area contributed by atoms with E-state index in [1.54, 1.807) is 18.1 Å². The van der Waals surface area contributed by atoms with E-state index in [1.807, 2.05) is 39.0 Å². The van der Waals surface area contributed by atoms with E-state index in [0.717, 1.165) is 49.6 Å². The summed E-state index contributed by atoms with van der Waals surface area (Å²) in [5.41, 5.74) is 2.66. The molecule has 2 fully saturated rings. The Morgan fingerprint density at radius 3 is 2.40 bits per heavy atom. The molecule has 2 aliphatic carbocycles. The quantitative estimate of drug-likeness (QED) is 0.298. The second-order valence-electron chi connectivity index (χ2n) is 11.9. The minimum absolute atomic E-state index is 0.0196. The SMILES string of the molecule is CN(C(=O)OC(C)(C)C)[C@H]1CC[C@H](Nc2c(C(=O)C3CC3)cnc3ccc(-c4cc(F)c(O)c(Cl)c4)cc23)CC1. The van der Waals surface area contributed by atoms with Crippen LogP contribution in [0.3, 0.4) is 0 Å². The molecule has 40 heavy (non-hydrogen) atoms. The van der Waals surface area contributed by atoms with Crippen molar-refractivity contribution >= 4 is 40.1 Å². The van der Waals surface area contributed by atoms with Gasteiger partial charge in [0, 0.05) is 36.6 Å². The number of amides is 1. The molecule has 1 aromatic heterocycles. The number of phenolic OH excluding ortho intramolecular Hbond substituents is 1. The van der Waals surface area contributed by atoms with Gasteiger partial charge in [-0.15, -0.1) is 0 Å². The van der Waals surface area contributed by atoms with Gasteiger partial charge in [-0.05, 0) is 94.7 Å². The predicted molar refractivity (Wildman–Crippen MR) is 155 cm³/mol. The molecule has 0 aliphatic heterocycles. The van der Waals surface area contributed by atoms with Crippen molar-refractivity contribution in [3.8, 4) is 16.9 Å². The number of nitrogens with one attached hydrogen (secondary N) is 1. The van der Waals surface area contributed by atoms with E-state index in [4.69, 9.17) is 16.3 Å². The topological polar surface area (TPSA) is 91.8 Å². The Labute approximate surface area is 238 Å². The van der Waals surface area contributed by atoms with Crippen molar-refractivity contribution < 1.29 is 23.8 Å². The number of carbonyl (C=O) groups excluding carboxylic acids is 2. The fourth-order valence-corrected chi connectivity index (χ4v) is 5.51. The van der Waals surface area contributed by atoms with Crippen LogP contribution in [-0.4, -0.2) is 51.6 Å². The highest BCUT2D eigenvalue weighted by molar-refractivity contribution is 6.32. The van der Waals surface area contributed by atoms with Crippen LogP contribution in [0.1, 0.15) is 69.7 Å². The Hall–Kier alpha value is -3.39. The number of fused-ring (bicyclic) bond motifs is 1. The Morgan fingerprint density at radius 1 is 1.07 bits per heavy atom. The summed E-state index contributed by atoms with van der Waals surface area (Å²) in [6.07, 6.45) is 6.34. The molecule has 0 saturated heterocycles. The number of phenols is 1. The highest BCUT2D eigenvalue weighted by Gasteiger charge is 2.34. The Bertz CT molecular complexity index is 1440. The lowest BCUT2D eigenvalue weighted by Crippen LogP contribution is -2.43. The molecular weight excluding hydrogens is 533 g/mol.